The highest BCUT2D eigenvalue weighted by Gasteiger charge is 2.11. The summed E-state index contributed by atoms with van der Waals surface area (Å²) in [5, 5.41) is 11.7. The van der Waals surface area contributed by atoms with Crippen molar-refractivity contribution < 1.29 is 4.52 Å². The van der Waals surface area contributed by atoms with Crippen LogP contribution >= 0.6 is 12.4 Å². The smallest absolute Gasteiger partial charge is 0.257 e. The second-order valence-corrected chi connectivity index (χ2v) is 5.80. The fourth-order valence-corrected chi connectivity index (χ4v) is 2.47. The highest BCUT2D eigenvalue weighted by molar-refractivity contribution is 5.85. The van der Waals surface area contributed by atoms with Gasteiger partial charge in [0, 0.05) is 23.7 Å². The molecule has 0 fully saturated rings. The third-order valence-corrected chi connectivity index (χ3v) is 3.82. The Hall–Kier alpha value is -2.18. The summed E-state index contributed by atoms with van der Waals surface area (Å²) >= 11 is 0. The number of benzene rings is 1. The minimum atomic E-state index is 0. The lowest BCUT2D eigenvalue weighted by atomic mass is 10.2. The fourth-order valence-electron chi connectivity index (χ4n) is 2.47. The maximum absolute atomic E-state index is 5.36. The first-order valence-corrected chi connectivity index (χ1v) is 7.70. The average molecular weight is 348 g/mol. The van der Waals surface area contributed by atoms with Crippen LogP contribution < -0.4 is 5.32 Å². The zero-order valence-electron chi connectivity index (χ0n) is 14.3. The molecule has 2 heterocycles. The Morgan fingerprint density at radius 1 is 1.21 bits per heavy atom. The molecule has 0 aliphatic heterocycles. The van der Waals surface area contributed by atoms with Crippen molar-refractivity contribution in [3.8, 4) is 17.1 Å². The Morgan fingerprint density at radius 2 is 1.92 bits per heavy atom. The Balaban J connectivity index is 0.00000208. The zero-order valence-corrected chi connectivity index (χ0v) is 15.1. The minimum absolute atomic E-state index is 0. The summed E-state index contributed by atoms with van der Waals surface area (Å²) < 4.78 is 7.28. The first-order chi connectivity index (χ1) is 11.1. The van der Waals surface area contributed by atoms with Crippen LogP contribution in [0.25, 0.3) is 17.1 Å². The molecule has 128 valence electrons. The highest BCUT2D eigenvalue weighted by Crippen LogP contribution is 2.20. The SMILES string of the molecule is CNC(C)Cc1noc(-c2ccc(-n3nc(C)cc3C)cc2)n1.Cl. The molecule has 7 heteroatoms. The van der Waals surface area contributed by atoms with Gasteiger partial charge in [0.1, 0.15) is 0 Å². The first-order valence-electron chi connectivity index (χ1n) is 7.70. The van der Waals surface area contributed by atoms with Crippen LogP contribution in [0.15, 0.2) is 34.9 Å². The van der Waals surface area contributed by atoms with E-state index in [1.54, 1.807) is 0 Å². The molecule has 1 aromatic carbocycles. The van der Waals surface area contributed by atoms with Crippen LogP contribution in [-0.2, 0) is 6.42 Å². The standard InChI is InChI=1S/C17H21N5O.ClH/c1-11(18-4)10-16-19-17(23-21-16)14-5-7-15(8-6-14)22-13(3)9-12(2)20-22;/h5-9,11,18H,10H2,1-4H3;1H. The minimum Gasteiger partial charge on any atom is -0.334 e. The van der Waals surface area contributed by atoms with Gasteiger partial charge in [-0.25, -0.2) is 4.68 Å². The van der Waals surface area contributed by atoms with Crippen molar-refractivity contribution >= 4 is 12.4 Å². The molecule has 24 heavy (non-hydrogen) atoms. The van der Waals surface area contributed by atoms with Crippen LogP contribution in [-0.4, -0.2) is 33.0 Å². The molecular formula is C17H22ClN5O. The van der Waals surface area contributed by atoms with Crippen molar-refractivity contribution in [1.29, 1.82) is 0 Å². The lowest BCUT2D eigenvalue weighted by Crippen LogP contribution is -2.24. The van der Waals surface area contributed by atoms with E-state index in [4.69, 9.17) is 4.52 Å². The van der Waals surface area contributed by atoms with E-state index in [-0.39, 0.29) is 12.4 Å². The van der Waals surface area contributed by atoms with Gasteiger partial charge >= 0.3 is 0 Å². The molecule has 0 aliphatic carbocycles. The second kappa shape index (κ2) is 7.59. The molecule has 3 aromatic rings. The highest BCUT2D eigenvalue weighted by atomic mass is 35.5. The van der Waals surface area contributed by atoms with Gasteiger partial charge in [0.2, 0.25) is 0 Å². The second-order valence-electron chi connectivity index (χ2n) is 5.80. The van der Waals surface area contributed by atoms with Crippen molar-refractivity contribution in [2.75, 3.05) is 7.05 Å². The van der Waals surface area contributed by atoms with Crippen LogP contribution in [0.4, 0.5) is 0 Å². The largest absolute Gasteiger partial charge is 0.334 e. The maximum atomic E-state index is 5.36. The van der Waals surface area contributed by atoms with Crippen molar-refractivity contribution in [3.05, 3.63) is 47.5 Å². The monoisotopic (exact) mass is 347 g/mol. The maximum Gasteiger partial charge on any atom is 0.257 e. The molecule has 3 rings (SSSR count). The molecule has 0 saturated carbocycles. The van der Waals surface area contributed by atoms with Crippen LogP contribution in [0.5, 0.6) is 0 Å². The first kappa shape index (κ1) is 18.2. The predicted molar refractivity (Wildman–Crippen MR) is 95.8 cm³/mol. The normalized spacial score (nSPS) is 12.0. The van der Waals surface area contributed by atoms with E-state index >= 15 is 0 Å². The lowest BCUT2D eigenvalue weighted by molar-refractivity contribution is 0.418. The van der Waals surface area contributed by atoms with E-state index in [2.05, 4.69) is 33.5 Å². The van der Waals surface area contributed by atoms with E-state index in [0.717, 1.165) is 29.1 Å². The Labute approximate surface area is 147 Å². The van der Waals surface area contributed by atoms with E-state index in [1.165, 1.54) is 0 Å². The molecule has 0 aliphatic rings. The number of halogens is 1. The lowest BCUT2D eigenvalue weighted by Gasteiger charge is -2.05. The van der Waals surface area contributed by atoms with Gasteiger partial charge in [-0.05, 0) is 58.2 Å². The van der Waals surface area contributed by atoms with Crippen LogP contribution in [0.1, 0.15) is 24.1 Å². The van der Waals surface area contributed by atoms with Gasteiger partial charge in [0.05, 0.1) is 11.4 Å². The van der Waals surface area contributed by atoms with Crippen molar-refractivity contribution in [1.82, 2.24) is 25.2 Å². The van der Waals surface area contributed by atoms with Crippen LogP contribution in [0.3, 0.4) is 0 Å². The van der Waals surface area contributed by atoms with Gasteiger partial charge in [-0.15, -0.1) is 12.4 Å². The quantitative estimate of drug-likeness (QED) is 0.768. The van der Waals surface area contributed by atoms with E-state index in [0.29, 0.717) is 17.8 Å². The molecule has 0 amide bonds. The van der Waals surface area contributed by atoms with Gasteiger partial charge in [-0.2, -0.15) is 10.1 Å². The van der Waals surface area contributed by atoms with Crippen molar-refractivity contribution in [2.24, 2.45) is 0 Å². The van der Waals surface area contributed by atoms with E-state index in [1.807, 2.05) is 49.8 Å². The van der Waals surface area contributed by atoms with Crippen LogP contribution in [0, 0.1) is 13.8 Å². The molecule has 2 aromatic heterocycles. The number of likely N-dealkylation sites (N-methyl/N-ethyl adjacent to an activating group) is 1. The number of nitrogens with one attached hydrogen (secondary N) is 1. The molecule has 0 spiro atoms. The molecule has 6 nitrogen and oxygen atoms in total. The fraction of sp³-hybridized carbons (Fsp3) is 0.353. The van der Waals surface area contributed by atoms with Crippen molar-refractivity contribution in [3.63, 3.8) is 0 Å². The number of hydrogen-bond acceptors (Lipinski definition) is 5. The predicted octanol–water partition coefficient (Wildman–Crippen LogP) is 3.11. The summed E-state index contributed by atoms with van der Waals surface area (Å²) in [5.74, 6) is 1.26. The summed E-state index contributed by atoms with van der Waals surface area (Å²) in [6, 6.07) is 10.3. The third-order valence-electron chi connectivity index (χ3n) is 3.82. The van der Waals surface area contributed by atoms with E-state index in [9.17, 15) is 0 Å². The number of hydrogen-bond donors (Lipinski definition) is 1. The van der Waals surface area contributed by atoms with E-state index < -0.39 is 0 Å². The van der Waals surface area contributed by atoms with Crippen LogP contribution in [0.2, 0.25) is 0 Å². The molecule has 0 bridgehead atoms. The summed E-state index contributed by atoms with van der Waals surface area (Å²) in [5.41, 5.74) is 4.04. The Morgan fingerprint density at radius 3 is 2.50 bits per heavy atom. The van der Waals surface area contributed by atoms with Gasteiger partial charge in [0.15, 0.2) is 5.82 Å². The van der Waals surface area contributed by atoms with Crippen molar-refractivity contribution in [2.45, 2.75) is 33.2 Å². The molecular weight excluding hydrogens is 326 g/mol. The zero-order chi connectivity index (χ0) is 16.4. The molecule has 0 saturated heterocycles. The Bertz CT molecular complexity index is 794. The van der Waals surface area contributed by atoms with Gasteiger partial charge in [0.25, 0.3) is 5.89 Å². The molecule has 0 radical (unpaired) electrons. The molecule has 1 unspecified atom stereocenters. The third kappa shape index (κ3) is 3.83. The molecule has 1 N–H and O–H groups in total. The summed E-state index contributed by atoms with van der Waals surface area (Å²) in [7, 11) is 1.92. The number of nitrogens with zero attached hydrogens (tertiary/aromatic N) is 4. The van der Waals surface area contributed by atoms with Gasteiger partial charge in [-0.1, -0.05) is 5.16 Å². The topological polar surface area (TPSA) is 68.8 Å². The summed E-state index contributed by atoms with van der Waals surface area (Å²) in [6.07, 6.45) is 0.740. The van der Waals surface area contributed by atoms with Gasteiger partial charge in [-0.3, -0.25) is 0 Å². The summed E-state index contributed by atoms with van der Waals surface area (Å²) in [6.45, 7) is 6.12. The van der Waals surface area contributed by atoms with Gasteiger partial charge < -0.3 is 9.84 Å². The number of aryl methyl sites for hydroxylation is 2. The molecule has 1 atom stereocenters. The number of rotatable bonds is 5. The Kier molecular flexibility index (Phi) is 5.75. The average Bonchev–Trinajstić information content (AvgIpc) is 3.13. The summed E-state index contributed by atoms with van der Waals surface area (Å²) in [4.78, 5) is 4.45. The number of aromatic nitrogens is 4.